The van der Waals surface area contributed by atoms with Crippen molar-refractivity contribution in [3.05, 3.63) is 29.6 Å². The lowest BCUT2D eigenvalue weighted by Gasteiger charge is -2.03. The number of nitriles is 1. The number of hydrogen-bond donors (Lipinski definition) is 1. The van der Waals surface area contributed by atoms with E-state index in [4.69, 9.17) is 11.0 Å². The minimum atomic E-state index is -0.0406. The Morgan fingerprint density at radius 1 is 1.67 bits per heavy atom. The topological polar surface area (TPSA) is 62.7 Å². The van der Waals surface area contributed by atoms with E-state index in [1.54, 1.807) is 6.20 Å². The summed E-state index contributed by atoms with van der Waals surface area (Å²) in [7, 11) is 0. The van der Waals surface area contributed by atoms with Crippen LogP contribution >= 0.6 is 0 Å². The molecule has 0 amide bonds. The molecule has 0 aliphatic carbocycles. The molecule has 0 aromatic carbocycles. The van der Waals surface area contributed by atoms with E-state index in [9.17, 15) is 0 Å². The molecule has 3 nitrogen and oxygen atoms in total. The maximum atomic E-state index is 8.40. The van der Waals surface area contributed by atoms with Crippen molar-refractivity contribution in [3.8, 4) is 6.07 Å². The van der Waals surface area contributed by atoms with E-state index >= 15 is 0 Å². The molecule has 1 aromatic heterocycles. The minimum absolute atomic E-state index is 0.0406. The van der Waals surface area contributed by atoms with Crippen LogP contribution in [0.2, 0.25) is 0 Å². The Hall–Kier alpha value is -1.40. The van der Waals surface area contributed by atoms with Gasteiger partial charge in [0.15, 0.2) is 0 Å². The van der Waals surface area contributed by atoms with E-state index in [0.717, 1.165) is 11.3 Å². The van der Waals surface area contributed by atoms with Crippen molar-refractivity contribution in [2.45, 2.75) is 19.4 Å². The monoisotopic (exact) mass is 161 g/mol. The van der Waals surface area contributed by atoms with E-state index in [1.807, 2.05) is 19.1 Å². The van der Waals surface area contributed by atoms with E-state index in [2.05, 4.69) is 11.1 Å². The van der Waals surface area contributed by atoms with Gasteiger partial charge in [-0.05, 0) is 18.6 Å². The molecule has 0 spiro atoms. The molecule has 1 heterocycles. The Morgan fingerprint density at radius 3 is 2.83 bits per heavy atom. The van der Waals surface area contributed by atoms with Crippen molar-refractivity contribution in [2.75, 3.05) is 0 Å². The van der Waals surface area contributed by atoms with Crippen LogP contribution in [-0.4, -0.2) is 4.98 Å². The third kappa shape index (κ3) is 2.04. The van der Waals surface area contributed by atoms with Crippen LogP contribution in [0.4, 0.5) is 0 Å². The molecular weight excluding hydrogens is 150 g/mol. The van der Waals surface area contributed by atoms with Crippen LogP contribution in [0, 0.1) is 11.3 Å². The third-order valence-corrected chi connectivity index (χ3v) is 1.60. The molecule has 1 aromatic rings. The van der Waals surface area contributed by atoms with Crippen LogP contribution in [0.1, 0.15) is 24.2 Å². The van der Waals surface area contributed by atoms with Crippen molar-refractivity contribution in [1.82, 2.24) is 4.98 Å². The van der Waals surface area contributed by atoms with E-state index in [0.29, 0.717) is 6.42 Å². The summed E-state index contributed by atoms with van der Waals surface area (Å²) in [5, 5.41) is 8.40. The third-order valence-electron chi connectivity index (χ3n) is 1.60. The molecule has 0 saturated carbocycles. The lowest BCUT2D eigenvalue weighted by molar-refractivity contribution is 0.779. The summed E-state index contributed by atoms with van der Waals surface area (Å²) in [5.41, 5.74) is 7.40. The van der Waals surface area contributed by atoms with Crippen LogP contribution in [0.25, 0.3) is 0 Å². The summed E-state index contributed by atoms with van der Waals surface area (Å²) in [6.45, 7) is 1.88. The van der Waals surface area contributed by atoms with Gasteiger partial charge in [0.25, 0.3) is 0 Å². The van der Waals surface area contributed by atoms with Gasteiger partial charge in [0.1, 0.15) is 0 Å². The summed E-state index contributed by atoms with van der Waals surface area (Å²) < 4.78 is 0. The fourth-order valence-corrected chi connectivity index (χ4v) is 0.901. The average molecular weight is 161 g/mol. The Bertz CT molecular complexity index is 282. The number of pyridine rings is 1. The first-order valence-electron chi connectivity index (χ1n) is 3.81. The second kappa shape index (κ2) is 3.84. The number of aromatic nitrogens is 1. The number of hydrogen-bond acceptors (Lipinski definition) is 3. The van der Waals surface area contributed by atoms with Gasteiger partial charge < -0.3 is 5.73 Å². The molecule has 1 atom stereocenters. The van der Waals surface area contributed by atoms with Crippen molar-refractivity contribution >= 4 is 0 Å². The van der Waals surface area contributed by atoms with Gasteiger partial charge in [0, 0.05) is 12.2 Å². The molecule has 0 radical (unpaired) electrons. The van der Waals surface area contributed by atoms with Crippen LogP contribution < -0.4 is 5.73 Å². The Morgan fingerprint density at radius 2 is 2.42 bits per heavy atom. The van der Waals surface area contributed by atoms with Gasteiger partial charge in [0.2, 0.25) is 0 Å². The quantitative estimate of drug-likeness (QED) is 0.708. The van der Waals surface area contributed by atoms with E-state index in [1.165, 1.54) is 0 Å². The Labute approximate surface area is 71.8 Å². The molecule has 62 valence electrons. The standard InChI is InChI=1S/C9H11N3/c1-7(11)9-3-2-8(4-5-10)6-12-9/h2-3,6-7H,4,11H2,1H3/t7-/m0/s1. The van der Waals surface area contributed by atoms with E-state index < -0.39 is 0 Å². The molecule has 0 unspecified atom stereocenters. The molecule has 3 heteroatoms. The van der Waals surface area contributed by atoms with Crippen LogP contribution in [0.5, 0.6) is 0 Å². The zero-order valence-corrected chi connectivity index (χ0v) is 6.99. The first kappa shape index (κ1) is 8.69. The van der Waals surface area contributed by atoms with Gasteiger partial charge in [-0.15, -0.1) is 0 Å². The Balaban J connectivity index is 2.80. The molecule has 0 fully saturated rings. The van der Waals surface area contributed by atoms with Gasteiger partial charge in [-0.3, -0.25) is 4.98 Å². The van der Waals surface area contributed by atoms with Crippen LogP contribution in [-0.2, 0) is 6.42 Å². The molecule has 1 rings (SSSR count). The van der Waals surface area contributed by atoms with Crippen LogP contribution in [0.3, 0.4) is 0 Å². The van der Waals surface area contributed by atoms with Gasteiger partial charge in [-0.1, -0.05) is 6.07 Å². The van der Waals surface area contributed by atoms with Gasteiger partial charge in [-0.25, -0.2) is 0 Å². The zero-order valence-electron chi connectivity index (χ0n) is 6.99. The number of nitrogens with two attached hydrogens (primary N) is 1. The molecule has 0 aliphatic rings. The zero-order chi connectivity index (χ0) is 8.97. The molecule has 0 bridgehead atoms. The molecule has 0 aliphatic heterocycles. The van der Waals surface area contributed by atoms with Gasteiger partial charge in [-0.2, -0.15) is 5.26 Å². The van der Waals surface area contributed by atoms with Crippen molar-refractivity contribution < 1.29 is 0 Å². The second-order valence-electron chi connectivity index (χ2n) is 2.71. The lowest BCUT2D eigenvalue weighted by atomic mass is 10.1. The Kier molecular flexibility index (Phi) is 2.78. The summed E-state index contributed by atoms with van der Waals surface area (Å²) >= 11 is 0. The predicted molar refractivity (Wildman–Crippen MR) is 46.2 cm³/mol. The number of nitrogens with zero attached hydrogens (tertiary/aromatic N) is 2. The first-order valence-corrected chi connectivity index (χ1v) is 3.81. The van der Waals surface area contributed by atoms with Crippen molar-refractivity contribution in [2.24, 2.45) is 5.73 Å². The maximum absolute atomic E-state index is 8.40. The first-order chi connectivity index (χ1) is 5.74. The molecule has 12 heavy (non-hydrogen) atoms. The van der Waals surface area contributed by atoms with Crippen molar-refractivity contribution in [3.63, 3.8) is 0 Å². The highest BCUT2D eigenvalue weighted by Crippen LogP contribution is 2.06. The average Bonchev–Trinajstić information content (AvgIpc) is 2.06. The number of rotatable bonds is 2. The summed E-state index contributed by atoms with van der Waals surface area (Å²) in [4.78, 5) is 4.12. The SMILES string of the molecule is C[C@H](N)c1ccc(CC#N)cn1. The predicted octanol–water partition coefficient (Wildman–Crippen LogP) is 1.17. The smallest absolute Gasteiger partial charge is 0.0670 e. The van der Waals surface area contributed by atoms with E-state index in [-0.39, 0.29) is 6.04 Å². The summed E-state index contributed by atoms with van der Waals surface area (Å²) in [5.74, 6) is 0. The fraction of sp³-hybridized carbons (Fsp3) is 0.333. The fourth-order valence-electron chi connectivity index (χ4n) is 0.901. The highest BCUT2D eigenvalue weighted by Gasteiger charge is 1.99. The molecular formula is C9H11N3. The normalized spacial score (nSPS) is 12.1. The summed E-state index contributed by atoms with van der Waals surface area (Å²) in [6.07, 6.45) is 2.11. The largest absolute Gasteiger partial charge is 0.323 e. The minimum Gasteiger partial charge on any atom is -0.323 e. The molecule has 2 N–H and O–H groups in total. The lowest BCUT2D eigenvalue weighted by Crippen LogP contribution is -2.06. The molecule has 0 saturated heterocycles. The van der Waals surface area contributed by atoms with Gasteiger partial charge in [0.05, 0.1) is 18.2 Å². The van der Waals surface area contributed by atoms with Crippen LogP contribution in [0.15, 0.2) is 18.3 Å². The van der Waals surface area contributed by atoms with Gasteiger partial charge >= 0.3 is 0 Å². The second-order valence-corrected chi connectivity index (χ2v) is 2.71. The highest BCUT2D eigenvalue weighted by atomic mass is 14.8. The highest BCUT2D eigenvalue weighted by molar-refractivity contribution is 5.18. The maximum Gasteiger partial charge on any atom is 0.0670 e. The summed E-state index contributed by atoms with van der Waals surface area (Å²) in [6, 6.07) is 5.76. The van der Waals surface area contributed by atoms with Crippen molar-refractivity contribution in [1.29, 1.82) is 5.26 Å².